The minimum atomic E-state index is -0.124. The third kappa shape index (κ3) is 3.55. The molecule has 23 heavy (non-hydrogen) atoms. The van der Waals surface area contributed by atoms with E-state index in [1.807, 2.05) is 19.9 Å². The standard InChI is InChI=1S/C20H23NO2/c1-13-9-14(2)20(15(3)10-13)21-19(22)12-23-18-8-7-16-5-4-6-17(16)11-18/h7-11H,4-6,12H2,1-3H3,(H,21,22). The van der Waals surface area contributed by atoms with E-state index in [1.165, 1.54) is 23.1 Å². The molecule has 0 aliphatic heterocycles. The molecular formula is C20H23NO2. The fourth-order valence-corrected chi connectivity index (χ4v) is 3.34. The quantitative estimate of drug-likeness (QED) is 0.922. The largest absolute Gasteiger partial charge is 0.484 e. The highest BCUT2D eigenvalue weighted by atomic mass is 16.5. The SMILES string of the molecule is Cc1cc(C)c(NC(=O)COc2ccc3c(c2)CCC3)c(C)c1. The summed E-state index contributed by atoms with van der Waals surface area (Å²) in [4.78, 5) is 12.2. The first-order valence-electron chi connectivity index (χ1n) is 8.15. The first kappa shape index (κ1) is 15.6. The second kappa shape index (κ2) is 6.45. The summed E-state index contributed by atoms with van der Waals surface area (Å²) in [7, 11) is 0. The second-order valence-electron chi connectivity index (χ2n) is 6.39. The summed E-state index contributed by atoms with van der Waals surface area (Å²) >= 11 is 0. The van der Waals surface area contributed by atoms with Crippen molar-refractivity contribution in [2.24, 2.45) is 0 Å². The van der Waals surface area contributed by atoms with Crippen LogP contribution in [0.5, 0.6) is 5.75 Å². The van der Waals surface area contributed by atoms with Crippen LogP contribution in [0.3, 0.4) is 0 Å². The number of fused-ring (bicyclic) bond motifs is 1. The molecule has 1 N–H and O–H groups in total. The summed E-state index contributed by atoms with van der Waals surface area (Å²) in [6.45, 7) is 6.11. The van der Waals surface area contributed by atoms with E-state index in [-0.39, 0.29) is 12.5 Å². The van der Waals surface area contributed by atoms with E-state index in [2.05, 4.69) is 36.5 Å². The van der Waals surface area contributed by atoms with Gasteiger partial charge in [0.1, 0.15) is 5.75 Å². The van der Waals surface area contributed by atoms with Gasteiger partial charge in [-0.25, -0.2) is 0 Å². The minimum Gasteiger partial charge on any atom is -0.484 e. The lowest BCUT2D eigenvalue weighted by atomic mass is 10.1. The number of hydrogen-bond acceptors (Lipinski definition) is 2. The Morgan fingerprint density at radius 2 is 1.74 bits per heavy atom. The van der Waals surface area contributed by atoms with Gasteiger partial charge in [0.05, 0.1) is 0 Å². The maximum Gasteiger partial charge on any atom is 0.262 e. The zero-order valence-corrected chi connectivity index (χ0v) is 14.0. The number of hydrogen-bond donors (Lipinski definition) is 1. The molecule has 1 aliphatic carbocycles. The highest BCUT2D eigenvalue weighted by Crippen LogP contribution is 2.26. The maximum atomic E-state index is 12.2. The predicted molar refractivity (Wildman–Crippen MR) is 93.2 cm³/mol. The Hall–Kier alpha value is -2.29. The number of nitrogens with one attached hydrogen (secondary N) is 1. The van der Waals surface area contributed by atoms with Crippen molar-refractivity contribution in [3.05, 3.63) is 58.1 Å². The van der Waals surface area contributed by atoms with Crippen molar-refractivity contribution in [1.29, 1.82) is 0 Å². The van der Waals surface area contributed by atoms with E-state index in [1.54, 1.807) is 0 Å². The molecule has 0 saturated heterocycles. The first-order chi connectivity index (χ1) is 11.0. The molecule has 0 aromatic heterocycles. The number of rotatable bonds is 4. The monoisotopic (exact) mass is 309 g/mol. The third-order valence-electron chi connectivity index (χ3n) is 4.38. The molecule has 0 atom stereocenters. The molecule has 0 bridgehead atoms. The van der Waals surface area contributed by atoms with E-state index < -0.39 is 0 Å². The van der Waals surface area contributed by atoms with Gasteiger partial charge >= 0.3 is 0 Å². The van der Waals surface area contributed by atoms with E-state index in [0.29, 0.717) is 0 Å². The van der Waals surface area contributed by atoms with Gasteiger partial charge in [0.15, 0.2) is 6.61 Å². The van der Waals surface area contributed by atoms with Crippen molar-refractivity contribution in [2.45, 2.75) is 40.0 Å². The number of aryl methyl sites for hydroxylation is 5. The number of amides is 1. The average Bonchev–Trinajstić information content (AvgIpc) is 2.96. The zero-order valence-electron chi connectivity index (χ0n) is 14.0. The Labute approximate surface area is 137 Å². The van der Waals surface area contributed by atoms with Crippen LogP contribution in [0.2, 0.25) is 0 Å². The van der Waals surface area contributed by atoms with Gasteiger partial charge in [0.2, 0.25) is 0 Å². The zero-order chi connectivity index (χ0) is 16.4. The summed E-state index contributed by atoms with van der Waals surface area (Å²) in [5.74, 6) is 0.652. The van der Waals surface area contributed by atoms with Crippen LogP contribution < -0.4 is 10.1 Å². The number of anilines is 1. The maximum absolute atomic E-state index is 12.2. The van der Waals surface area contributed by atoms with Gasteiger partial charge in [-0.05, 0) is 74.4 Å². The Morgan fingerprint density at radius 3 is 2.48 bits per heavy atom. The van der Waals surface area contributed by atoms with Crippen molar-refractivity contribution >= 4 is 11.6 Å². The molecule has 1 aliphatic rings. The molecule has 3 rings (SSSR count). The number of ether oxygens (including phenoxy) is 1. The molecular weight excluding hydrogens is 286 g/mol. The van der Waals surface area contributed by atoms with Crippen LogP contribution in [-0.2, 0) is 17.6 Å². The van der Waals surface area contributed by atoms with Crippen molar-refractivity contribution in [1.82, 2.24) is 0 Å². The Balaban J connectivity index is 1.62. The smallest absolute Gasteiger partial charge is 0.262 e. The number of carbonyl (C=O) groups is 1. The number of carbonyl (C=O) groups excluding carboxylic acids is 1. The Kier molecular flexibility index (Phi) is 4.37. The first-order valence-corrected chi connectivity index (χ1v) is 8.15. The fourth-order valence-electron chi connectivity index (χ4n) is 3.34. The van der Waals surface area contributed by atoms with E-state index in [4.69, 9.17) is 4.74 Å². The minimum absolute atomic E-state index is 0.0333. The van der Waals surface area contributed by atoms with Gasteiger partial charge < -0.3 is 10.1 Å². The summed E-state index contributed by atoms with van der Waals surface area (Å²) in [6, 6.07) is 10.3. The van der Waals surface area contributed by atoms with Crippen molar-refractivity contribution < 1.29 is 9.53 Å². The van der Waals surface area contributed by atoms with Crippen LogP contribution in [0, 0.1) is 20.8 Å². The molecule has 3 nitrogen and oxygen atoms in total. The topological polar surface area (TPSA) is 38.3 Å². The van der Waals surface area contributed by atoms with Crippen LogP contribution in [0.25, 0.3) is 0 Å². The van der Waals surface area contributed by atoms with Gasteiger partial charge in [-0.1, -0.05) is 23.8 Å². The molecule has 0 saturated carbocycles. The molecule has 0 fully saturated rings. The molecule has 120 valence electrons. The lowest BCUT2D eigenvalue weighted by Gasteiger charge is -2.13. The highest BCUT2D eigenvalue weighted by Gasteiger charge is 2.13. The highest BCUT2D eigenvalue weighted by molar-refractivity contribution is 5.93. The second-order valence-corrected chi connectivity index (χ2v) is 6.39. The molecule has 0 spiro atoms. The van der Waals surface area contributed by atoms with Crippen LogP contribution in [0.1, 0.15) is 34.2 Å². The van der Waals surface area contributed by atoms with Gasteiger partial charge in [-0.3, -0.25) is 4.79 Å². The Morgan fingerprint density at radius 1 is 1.04 bits per heavy atom. The summed E-state index contributed by atoms with van der Waals surface area (Å²) in [5, 5.41) is 2.96. The van der Waals surface area contributed by atoms with Gasteiger partial charge in [-0.2, -0.15) is 0 Å². The molecule has 0 unspecified atom stereocenters. The van der Waals surface area contributed by atoms with Crippen molar-refractivity contribution in [3.8, 4) is 5.75 Å². The van der Waals surface area contributed by atoms with Crippen LogP contribution in [0.4, 0.5) is 5.69 Å². The third-order valence-corrected chi connectivity index (χ3v) is 4.38. The summed E-state index contributed by atoms with van der Waals surface area (Å²) in [5.41, 5.74) is 7.01. The fraction of sp³-hybridized carbons (Fsp3) is 0.350. The molecule has 2 aromatic carbocycles. The van der Waals surface area contributed by atoms with Crippen LogP contribution in [0.15, 0.2) is 30.3 Å². The molecule has 2 aromatic rings. The molecule has 1 amide bonds. The van der Waals surface area contributed by atoms with E-state index in [9.17, 15) is 4.79 Å². The predicted octanol–water partition coefficient (Wildman–Crippen LogP) is 4.12. The van der Waals surface area contributed by atoms with Crippen molar-refractivity contribution in [3.63, 3.8) is 0 Å². The molecule has 0 heterocycles. The van der Waals surface area contributed by atoms with Gasteiger partial charge in [0.25, 0.3) is 5.91 Å². The van der Waals surface area contributed by atoms with E-state index >= 15 is 0 Å². The number of benzene rings is 2. The molecule has 3 heteroatoms. The normalized spacial score (nSPS) is 12.8. The Bertz CT molecular complexity index is 726. The lowest BCUT2D eigenvalue weighted by Crippen LogP contribution is -2.21. The molecule has 0 radical (unpaired) electrons. The van der Waals surface area contributed by atoms with E-state index in [0.717, 1.165) is 35.4 Å². The lowest BCUT2D eigenvalue weighted by molar-refractivity contribution is -0.118. The van der Waals surface area contributed by atoms with Gasteiger partial charge in [-0.15, -0.1) is 0 Å². The summed E-state index contributed by atoms with van der Waals surface area (Å²) < 4.78 is 5.66. The van der Waals surface area contributed by atoms with Crippen molar-refractivity contribution in [2.75, 3.05) is 11.9 Å². The average molecular weight is 309 g/mol. The van der Waals surface area contributed by atoms with Crippen LogP contribution >= 0.6 is 0 Å². The van der Waals surface area contributed by atoms with Crippen LogP contribution in [-0.4, -0.2) is 12.5 Å². The van der Waals surface area contributed by atoms with Gasteiger partial charge in [0, 0.05) is 5.69 Å². The summed E-state index contributed by atoms with van der Waals surface area (Å²) in [6.07, 6.45) is 3.48.